The SMILES string of the molecule is CC(=O)N1CCc2cc(S(=O)(=O)N3CCC(Cc4ccccc4)CC3)ccc21. The molecule has 0 unspecified atom stereocenters. The predicted octanol–water partition coefficient (Wildman–Crippen LogP) is 3.24. The minimum Gasteiger partial charge on any atom is -0.312 e. The van der Waals surface area contributed by atoms with Crippen LogP contribution in [0, 0.1) is 5.92 Å². The Kier molecular flexibility index (Phi) is 5.25. The average Bonchev–Trinajstić information content (AvgIpc) is 3.13. The number of hydrogen-bond acceptors (Lipinski definition) is 3. The number of fused-ring (bicyclic) bond motifs is 1. The average molecular weight is 399 g/mol. The van der Waals surface area contributed by atoms with E-state index in [0.29, 0.717) is 36.9 Å². The second kappa shape index (κ2) is 7.68. The molecule has 28 heavy (non-hydrogen) atoms. The van der Waals surface area contributed by atoms with E-state index in [9.17, 15) is 13.2 Å². The Hall–Kier alpha value is -2.18. The minimum atomic E-state index is -3.49. The molecule has 2 heterocycles. The van der Waals surface area contributed by atoms with Gasteiger partial charge in [-0.25, -0.2) is 8.42 Å². The van der Waals surface area contributed by atoms with Gasteiger partial charge in [0.15, 0.2) is 0 Å². The normalized spacial score (nSPS) is 18.2. The number of piperidine rings is 1. The van der Waals surface area contributed by atoms with E-state index in [1.807, 2.05) is 6.07 Å². The lowest BCUT2D eigenvalue weighted by Crippen LogP contribution is -2.38. The predicted molar refractivity (Wildman–Crippen MR) is 110 cm³/mol. The molecule has 2 aliphatic heterocycles. The Morgan fingerprint density at radius 3 is 2.43 bits per heavy atom. The van der Waals surface area contributed by atoms with Crippen molar-refractivity contribution >= 4 is 21.6 Å². The summed E-state index contributed by atoms with van der Waals surface area (Å²) in [5.74, 6) is 0.521. The zero-order chi connectivity index (χ0) is 19.7. The molecule has 2 aromatic carbocycles. The quantitative estimate of drug-likeness (QED) is 0.794. The first-order valence-electron chi connectivity index (χ1n) is 9.90. The first-order valence-corrected chi connectivity index (χ1v) is 11.3. The molecule has 0 bridgehead atoms. The molecule has 0 radical (unpaired) electrons. The highest BCUT2D eigenvalue weighted by Crippen LogP contribution is 2.32. The van der Waals surface area contributed by atoms with Crippen LogP contribution in [0.3, 0.4) is 0 Å². The van der Waals surface area contributed by atoms with Crippen LogP contribution in [0.25, 0.3) is 0 Å². The molecule has 5 nitrogen and oxygen atoms in total. The van der Waals surface area contributed by atoms with Gasteiger partial charge in [0.1, 0.15) is 0 Å². The molecule has 2 aromatic rings. The standard InChI is InChI=1S/C22H26N2O3S/c1-17(25)24-14-11-20-16-21(7-8-22(20)24)28(26,27)23-12-9-19(10-13-23)15-18-5-3-2-4-6-18/h2-8,16,19H,9-15H2,1H3. The van der Waals surface area contributed by atoms with Crippen LogP contribution in [0.1, 0.15) is 30.9 Å². The van der Waals surface area contributed by atoms with Crippen LogP contribution >= 0.6 is 0 Å². The van der Waals surface area contributed by atoms with E-state index in [1.165, 1.54) is 5.56 Å². The smallest absolute Gasteiger partial charge is 0.243 e. The third kappa shape index (κ3) is 3.71. The fraction of sp³-hybridized carbons (Fsp3) is 0.409. The molecule has 0 aromatic heterocycles. The molecule has 6 heteroatoms. The van der Waals surface area contributed by atoms with Gasteiger partial charge in [0.2, 0.25) is 15.9 Å². The van der Waals surface area contributed by atoms with Gasteiger partial charge in [0, 0.05) is 32.2 Å². The van der Waals surface area contributed by atoms with Gasteiger partial charge in [-0.2, -0.15) is 4.31 Å². The highest BCUT2D eigenvalue weighted by molar-refractivity contribution is 7.89. The number of carbonyl (C=O) groups excluding carboxylic acids is 1. The Morgan fingerprint density at radius 1 is 1.04 bits per heavy atom. The second-order valence-electron chi connectivity index (χ2n) is 7.75. The molecule has 148 valence electrons. The number of nitrogens with zero attached hydrogens (tertiary/aromatic N) is 2. The number of hydrogen-bond donors (Lipinski definition) is 0. The molecule has 2 aliphatic rings. The molecule has 1 saturated heterocycles. The van der Waals surface area contributed by atoms with Crippen LogP contribution in [0.15, 0.2) is 53.4 Å². The lowest BCUT2D eigenvalue weighted by molar-refractivity contribution is -0.116. The summed E-state index contributed by atoms with van der Waals surface area (Å²) in [6, 6.07) is 15.6. The maximum Gasteiger partial charge on any atom is 0.243 e. The number of rotatable bonds is 4. The van der Waals surface area contributed by atoms with Crippen molar-refractivity contribution in [1.82, 2.24) is 4.31 Å². The fourth-order valence-electron chi connectivity index (χ4n) is 4.32. The highest BCUT2D eigenvalue weighted by atomic mass is 32.2. The lowest BCUT2D eigenvalue weighted by atomic mass is 9.91. The van der Waals surface area contributed by atoms with Crippen molar-refractivity contribution in [3.05, 3.63) is 59.7 Å². The lowest BCUT2D eigenvalue weighted by Gasteiger charge is -2.31. The van der Waals surface area contributed by atoms with Crippen LogP contribution in [0.4, 0.5) is 5.69 Å². The first kappa shape index (κ1) is 19.2. The highest BCUT2D eigenvalue weighted by Gasteiger charge is 2.31. The van der Waals surface area contributed by atoms with E-state index in [0.717, 1.165) is 30.5 Å². The summed E-state index contributed by atoms with van der Waals surface area (Å²) >= 11 is 0. The van der Waals surface area contributed by atoms with Gasteiger partial charge in [-0.05, 0) is 60.9 Å². The van der Waals surface area contributed by atoms with Crippen molar-refractivity contribution in [3.8, 4) is 0 Å². The largest absolute Gasteiger partial charge is 0.312 e. The van der Waals surface area contributed by atoms with Gasteiger partial charge in [0.25, 0.3) is 0 Å². The van der Waals surface area contributed by atoms with Gasteiger partial charge in [-0.3, -0.25) is 4.79 Å². The topological polar surface area (TPSA) is 57.7 Å². The first-order chi connectivity index (χ1) is 13.4. The molecule has 0 aliphatic carbocycles. The Labute approximate surface area is 167 Å². The monoisotopic (exact) mass is 398 g/mol. The second-order valence-corrected chi connectivity index (χ2v) is 9.69. The summed E-state index contributed by atoms with van der Waals surface area (Å²) < 4.78 is 27.8. The third-order valence-electron chi connectivity index (χ3n) is 5.91. The fourth-order valence-corrected chi connectivity index (χ4v) is 5.84. The Morgan fingerprint density at radius 2 is 1.75 bits per heavy atom. The van der Waals surface area contributed by atoms with E-state index in [-0.39, 0.29) is 5.91 Å². The molecule has 4 rings (SSSR count). The van der Waals surface area contributed by atoms with Crippen LogP contribution in [-0.2, 0) is 27.7 Å². The van der Waals surface area contributed by atoms with Crippen LogP contribution in [0.2, 0.25) is 0 Å². The van der Waals surface area contributed by atoms with Crippen molar-refractivity contribution in [1.29, 1.82) is 0 Å². The summed E-state index contributed by atoms with van der Waals surface area (Å²) in [5.41, 5.74) is 3.10. The number of sulfonamides is 1. The van der Waals surface area contributed by atoms with Gasteiger partial charge in [0.05, 0.1) is 4.90 Å². The van der Waals surface area contributed by atoms with E-state index in [2.05, 4.69) is 24.3 Å². The molecular formula is C22H26N2O3S. The number of anilines is 1. The summed E-state index contributed by atoms with van der Waals surface area (Å²) in [7, 11) is -3.49. The van der Waals surface area contributed by atoms with Crippen molar-refractivity contribution < 1.29 is 13.2 Å². The summed E-state index contributed by atoms with van der Waals surface area (Å²) in [4.78, 5) is 13.8. The van der Waals surface area contributed by atoms with E-state index < -0.39 is 10.0 Å². The zero-order valence-corrected chi connectivity index (χ0v) is 17.0. The molecule has 1 fully saturated rings. The summed E-state index contributed by atoms with van der Waals surface area (Å²) in [6.45, 7) is 3.30. The van der Waals surface area contributed by atoms with Gasteiger partial charge in [-0.15, -0.1) is 0 Å². The molecule has 0 spiro atoms. The van der Waals surface area contributed by atoms with Crippen molar-refractivity contribution in [3.63, 3.8) is 0 Å². The summed E-state index contributed by atoms with van der Waals surface area (Å²) in [5, 5.41) is 0. The van der Waals surface area contributed by atoms with Crippen molar-refractivity contribution in [2.24, 2.45) is 5.92 Å². The van der Waals surface area contributed by atoms with Gasteiger partial charge in [-0.1, -0.05) is 30.3 Å². The number of benzene rings is 2. The maximum absolute atomic E-state index is 13.1. The van der Waals surface area contributed by atoms with Crippen LogP contribution in [0.5, 0.6) is 0 Å². The molecule has 0 N–H and O–H groups in total. The van der Waals surface area contributed by atoms with Crippen molar-refractivity contribution in [2.45, 2.75) is 37.5 Å². The molecule has 0 atom stereocenters. The maximum atomic E-state index is 13.1. The Bertz CT molecular complexity index is 965. The zero-order valence-electron chi connectivity index (χ0n) is 16.2. The molecular weight excluding hydrogens is 372 g/mol. The van der Waals surface area contributed by atoms with E-state index in [4.69, 9.17) is 0 Å². The van der Waals surface area contributed by atoms with Gasteiger partial charge < -0.3 is 4.90 Å². The van der Waals surface area contributed by atoms with Crippen molar-refractivity contribution in [2.75, 3.05) is 24.5 Å². The number of carbonyl (C=O) groups is 1. The Balaban J connectivity index is 1.44. The van der Waals surface area contributed by atoms with E-state index >= 15 is 0 Å². The molecule has 1 amide bonds. The van der Waals surface area contributed by atoms with Gasteiger partial charge >= 0.3 is 0 Å². The van der Waals surface area contributed by atoms with E-state index in [1.54, 1.807) is 34.3 Å². The summed E-state index contributed by atoms with van der Waals surface area (Å²) in [6.07, 6.45) is 3.49. The third-order valence-corrected chi connectivity index (χ3v) is 7.80. The van der Waals surface area contributed by atoms with Crippen LogP contribution < -0.4 is 4.90 Å². The minimum absolute atomic E-state index is 0.00477. The number of amides is 1. The van der Waals surface area contributed by atoms with Crippen LogP contribution in [-0.4, -0.2) is 38.3 Å². The molecule has 0 saturated carbocycles.